The van der Waals surface area contributed by atoms with E-state index in [1.165, 1.54) is 4.90 Å². The molecule has 1 saturated heterocycles. The maximum atomic E-state index is 12.7. The third kappa shape index (κ3) is 2.73. The molecule has 6 heteroatoms. The SMILES string of the molecule is CCC1CCCCN1C(=O)C(C)(N)C(F)(F)F. The number of rotatable bonds is 2. The number of nitrogens with two attached hydrogens (primary N) is 1. The summed E-state index contributed by atoms with van der Waals surface area (Å²) in [5, 5.41) is 0. The van der Waals surface area contributed by atoms with Crippen molar-refractivity contribution in [1.82, 2.24) is 4.90 Å². The lowest BCUT2D eigenvalue weighted by atomic mass is 9.94. The molecule has 100 valence electrons. The Morgan fingerprint density at radius 2 is 2.00 bits per heavy atom. The largest absolute Gasteiger partial charge is 0.415 e. The molecule has 1 fully saturated rings. The fourth-order valence-electron chi connectivity index (χ4n) is 2.11. The van der Waals surface area contributed by atoms with Crippen LogP contribution in [-0.2, 0) is 4.79 Å². The number of likely N-dealkylation sites (tertiary alicyclic amines) is 1. The fourth-order valence-corrected chi connectivity index (χ4v) is 2.11. The van der Waals surface area contributed by atoms with Crippen molar-refractivity contribution in [2.75, 3.05) is 6.54 Å². The number of alkyl halides is 3. The topological polar surface area (TPSA) is 46.3 Å². The Kier molecular flexibility index (Phi) is 4.06. The number of piperidine rings is 1. The third-order valence-electron chi connectivity index (χ3n) is 3.39. The zero-order chi connectivity index (χ0) is 13.3. The molecule has 0 aromatic carbocycles. The second kappa shape index (κ2) is 4.84. The van der Waals surface area contributed by atoms with Crippen LogP contribution in [0.25, 0.3) is 0 Å². The van der Waals surface area contributed by atoms with Crippen molar-refractivity contribution < 1.29 is 18.0 Å². The van der Waals surface area contributed by atoms with Gasteiger partial charge in [-0.25, -0.2) is 0 Å². The van der Waals surface area contributed by atoms with Crippen LogP contribution in [0.5, 0.6) is 0 Å². The third-order valence-corrected chi connectivity index (χ3v) is 3.39. The summed E-state index contributed by atoms with van der Waals surface area (Å²) < 4.78 is 38.1. The van der Waals surface area contributed by atoms with Crippen LogP contribution in [0.2, 0.25) is 0 Å². The number of hydrogen-bond acceptors (Lipinski definition) is 2. The van der Waals surface area contributed by atoms with Crippen molar-refractivity contribution in [3.63, 3.8) is 0 Å². The molecule has 0 aromatic heterocycles. The Balaban J connectivity index is 2.87. The lowest BCUT2D eigenvalue weighted by molar-refractivity contribution is -0.195. The highest BCUT2D eigenvalue weighted by molar-refractivity contribution is 5.87. The Labute approximate surface area is 99.1 Å². The van der Waals surface area contributed by atoms with Crippen LogP contribution < -0.4 is 5.73 Å². The molecule has 3 nitrogen and oxygen atoms in total. The van der Waals surface area contributed by atoms with E-state index in [1.807, 2.05) is 6.92 Å². The number of halogens is 3. The molecule has 0 saturated carbocycles. The van der Waals surface area contributed by atoms with E-state index in [0.717, 1.165) is 26.2 Å². The monoisotopic (exact) mass is 252 g/mol. The highest BCUT2D eigenvalue weighted by Gasteiger charge is 2.56. The van der Waals surface area contributed by atoms with Gasteiger partial charge < -0.3 is 10.6 Å². The summed E-state index contributed by atoms with van der Waals surface area (Å²) in [5.41, 5.74) is 2.39. The summed E-state index contributed by atoms with van der Waals surface area (Å²) in [6, 6.07) is -0.110. The van der Waals surface area contributed by atoms with E-state index in [-0.39, 0.29) is 6.04 Å². The molecule has 0 radical (unpaired) electrons. The minimum Gasteiger partial charge on any atom is -0.338 e. The van der Waals surface area contributed by atoms with Gasteiger partial charge in [-0.15, -0.1) is 0 Å². The van der Waals surface area contributed by atoms with Crippen molar-refractivity contribution in [2.24, 2.45) is 5.73 Å². The van der Waals surface area contributed by atoms with Crippen molar-refractivity contribution in [3.05, 3.63) is 0 Å². The normalized spacial score (nSPS) is 25.5. The summed E-state index contributed by atoms with van der Waals surface area (Å²) in [6.07, 6.45) is -1.58. The van der Waals surface area contributed by atoms with E-state index in [0.29, 0.717) is 13.0 Å². The predicted molar refractivity (Wildman–Crippen MR) is 58.3 cm³/mol. The number of carbonyl (C=O) groups excluding carboxylic acids is 1. The number of nitrogens with zero attached hydrogens (tertiary/aromatic N) is 1. The molecule has 0 aromatic rings. The molecule has 0 bridgehead atoms. The first-order chi connectivity index (χ1) is 7.71. The van der Waals surface area contributed by atoms with Crippen LogP contribution in [0.3, 0.4) is 0 Å². The second-order valence-corrected chi connectivity index (χ2v) is 4.76. The van der Waals surface area contributed by atoms with Gasteiger partial charge in [0, 0.05) is 12.6 Å². The van der Waals surface area contributed by atoms with Gasteiger partial charge in [-0.1, -0.05) is 6.92 Å². The maximum absolute atomic E-state index is 12.7. The molecule has 1 amide bonds. The van der Waals surface area contributed by atoms with Gasteiger partial charge in [0.2, 0.25) is 0 Å². The molecule has 1 aliphatic heterocycles. The number of hydrogen-bond donors (Lipinski definition) is 1. The zero-order valence-corrected chi connectivity index (χ0v) is 10.2. The lowest BCUT2D eigenvalue weighted by Crippen LogP contribution is -2.64. The van der Waals surface area contributed by atoms with E-state index in [9.17, 15) is 18.0 Å². The second-order valence-electron chi connectivity index (χ2n) is 4.76. The minimum absolute atomic E-state index is 0.110. The summed E-state index contributed by atoms with van der Waals surface area (Å²) in [7, 11) is 0. The van der Waals surface area contributed by atoms with E-state index in [1.54, 1.807) is 0 Å². The molecular formula is C11H19F3N2O. The van der Waals surface area contributed by atoms with Crippen molar-refractivity contribution in [3.8, 4) is 0 Å². The van der Waals surface area contributed by atoms with Crippen LogP contribution >= 0.6 is 0 Å². The zero-order valence-electron chi connectivity index (χ0n) is 10.2. The molecule has 2 unspecified atom stereocenters. The Morgan fingerprint density at radius 1 is 1.41 bits per heavy atom. The maximum Gasteiger partial charge on any atom is 0.415 e. The van der Waals surface area contributed by atoms with Crippen LogP contribution in [0.4, 0.5) is 13.2 Å². The highest BCUT2D eigenvalue weighted by atomic mass is 19.4. The number of carbonyl (C=O) groups is 1. The first-order valence-electron chi connectivity index (χ1n) is 5.88. The Bertz CT molecular complexity index is 289. The summed E-state index contributed by atoms with van der Waals surface area (Å²) in [4.78, 5) is 13.2. The molecule has 2 atom stereocenters. The van der Waals surface area contributed by atoms with Gasteiger partial charge in [0.1, 0.15) is 0 Å². The van der Waals surface area contributed by atoms with E-state index < -0.39 is 17.6 Å². The smallest absolute Gasteiger partial charge is 0.338 e. The Morgan fingerprint density at radius 3 is 2.47 bits per heavy atom. The van der Waals surface area contributed by atoms with Crippen LogP contribution in [0.15, 0.2) is 0 Å². The van der Waals surface area contributed by atoms with Crippen molar-refractivity contribution in [2.45, 2.75) is 57.3 Å². The standard InChI is InChI=1S/C11H19F3N2O/c1-3-8-6-4-5-7-16(8)9(17)10(2,15)11(12,13)14/h8H,3-7,15H2,1-2H3. The molecule has 0 aliphatic carbocycles. The number of amides is 1. The van der Waals surface area contributed by atoms with Gasteiger partial charge in [-0.3, -0.25) is 4.79 Å². The van der Waals surface area contributed by atoms with Crippen LogP contribution in [0.1, 0.15) is 39.5 Å². The van der Waals surface area contributed by atoms with Gasteiger partial charge in [0.25, 0.3) is 5.91 Å². The fraction of sp³-hybridized carbons (Fsp3) is 0.909. The summed E-state index contributed by atoms with van der Waals surface area (Å²) >= 11 is 0. The molecule has 1 aliphatic rings. The molecule has 0 spiro atoms. The molecule has 2 N–H and O–H groups in total. The van der Waals surface area contributed by atoms with Crippen LogP contribution in [0, 0.1) is 0 Å². The molecule has 1 rings (SSSR count). The molecular weight excluding hydrogens is 233 g/mol. The van der Waals surface area contributed by atoms with E-state index in [4.69, 9.17) is 5.73 Å². The van der Waals surface area contributed by atoms with Gasteiger partial charge in [0.05, 0.1) is 0 Å². The van der Waals surface area contributed by atoms with Crippen molar-refractivity contribution >= 4 is 5.91 Å². The van der Waals surface area contributed by atoms with Gasteiger partial charge in [0.15, 0.2) is 5.54 Å². The lowest BCUT2D eigenvalue weighted by Gasteiger charge is -2.40. The average Bonchev–Trinajstić information content (AvgIpc) is 2.26. The van der Waals surface area contributed by atoms with Crippen LogP contribution in [-0.4, -0.2) is 35.1 Å². The Hall–Kier alpha value is -0.780. The summed E-state index contributed by atoms with van der Waals surface area (Å²) in [5.74, 6) is -1.00. The first-order valence-corrected chi connectivity index (χ1v) is 5.88. The first kappa shape index (κ1) is 14.3. The van der Waals surface area contributed by atoms with Gasteiger partial charge >= 0.3 is 6.18 Å². The highest BCUT2D eigenvalue weighted by Crippen LogP contribution is 2.32. The average molecular weight is 252 g/mol. The minimum atomic E-state index is -4.71. The molecule has 17 heavy (non-hydrogen) atoms. The van der Waals surface area contributed by atoms with E-state index in [2.05, 4.69) is 0 Å². The van der Waals surface area contributed by atoms with Crippen molar-refractivity contribution in [1.29, 1.82) is 0 Å². The van der Waals surface area contributed by atoms with E-state index >= 15 is 0 Å². The predicted octanol–water partition coefficient (Wildman–Crippen LogP) is 2.06. The van der Waals surface area contributed by atoms with Gasteiger partial charge in [-0.2, -0.15) is 13.2 Å². The quantitative estimate of drug-likeness (QED) is 0.817. The summed E-state index contributed by atoms with van der Waals surface area (Å²) in [6.45, 7) is 2.99. The van der Waals surface area contributed by atoms with Gasteiger partial charge in [-0.05, 0) is 32.6 Å². The molecule has 1 heterocycles.